The summed E-state index contributed by atoms with van der Waals surface area (Å²) >= 11 is 0. The molecule has 4 fully saturated rings. The molecule has 0 aliphatic heterocycles. The third kappa shape index (κ3) is 2.17. The fraction of sp³-hybridized carbons (Fsp3) is 0.933. The minimum absolute atomic E-state index is 0.288. The van der Waals surface area contributed by atoms with Crippen molar-refractivity contribution < 1.29 is 0 Å². The second kappa shape index (κ2) is 4.83. The smallest absolute Gasteiger partial charge is 0.0940 e. The molecule has 3 nitrogen and oxygen atoms in total. The molecule has 0 aromatic rings. The zero-order chi connectivity index (χ0) is 12.7. The topological polar surface area (TPSA) is 53.0 Å². The molecule has 0 amide bonds. The molecule has 0 saturated heterocycles. The van der Waals surface area contributed by atoms with Crippen LogP contribution in [0.25, 0.3) is 0 Å². The van der Waals surface area contributed by atoms with Crippen molar-refractivity contribution in [2.75, 3.05) is 13.6 Å². The second-order valence-corrected chi connectivity index (χ2v) is 6.93. The lowest BCUT2D eigenvalue weighted by molar-refractivity contribution is -0.0576. The third-order valence-electron chi connectivity index (χ3n) is 5.64. The van der Waals surface area contributed by atoms with Crippen LogP contribution in [0.3, 0.4) is 0 Å². The van der Waals surface area contributed by atoms with E-state index in [1.807, 2.05) is 0 Å². The van der Waals surface area contributed by atoms with Crippen molar-refractivity contribution in [3.05, 3.63) is 0 Å². The van der Waals surface area contributed by atoms with Crippen molar-refractivity contribution >= 4 is 0 Å². The van der Waals surface area contributed by atoms with E-state index in [0.717, 1.165) is 42.7 Å². The number of nitrogens with zero attached hydrogens (tertiary/aromatic N) is 2. The van der Waals surface area contributed by atoms with Crippen molar-refractivity contribution in [2.45, 2.75) is 50.6 Å². The van der Waals surface area contributed by atoms with E-state index < -0.39 is 0 Å². The zero-order valence-corrected chi connectivity index (χ0v) is 11.4. The first-order chi connectivity index (χ1) is 8.67. The van der Waals surface area contributed by atoms with Gasteiger partial charge in [-0.3, -0.25) is 0 Å². The summed E-state index contributed by atoms with van der Waals surface area (Å²) in [5, 5.41) is 8.77. The number of nitrogens with two attached hydrogens (primary N) is 1. The molecule has 4 bridgehead atoms. The van der Waals surface area contributed by atoms with E-state index >= 15 is 0 Å². The standard InChI is InChI=1S/C15H25N3/c1-18(3-2-14(17)9-16)15-12-5-10-4-11(7-12)8-13(15)6-10/h10-15H,2-8,17H2,1H3. The molecule has 0 aromatic heterocycles. The minimum atomic E-state index is -0.288. The fourth-order valence-electron chi connectivity index (χ4n) is 5.17. The molecule has 3 heteroatoms. The number of hydrogen-bond donors (Lipinski definition) is 1. The lowest BCUT2D eigenvalue weighted by Gasteiger charge is -2.56. The van der Waals surface area contributed by atoms with Gasteiger partial charge in [-0.05, 0) is 69.2 Å². The van der Waals surface area contributed by atoms with Crippen molar-refractivity contribution in [2.24, 2.45) is 29.4 Å². The van der Waals surface area contributed by atoms with Gasteiger partial charge < -0.3 is 10.6 Å². The van der Waals surface area contributed by atoms with E-state index in [0.29, 0.717) is 0 Å². The molecule has 0 spiro atoms. The van der Waals surface area contributed by atoms with Crippen LogP contribution in [-0.4, -0.2) is 30.6 Å². The summed E-state index contributed by atoms with van der Waals surface area (Å²) in [5.74, 6) is 3.95. The molecule has 4 aliphatic carbocycles. The fourth-order valence-corrected chi connectivity index (χ4v) is 5.17. The predicted molar refractivity (Wildman–Crippen MR) is 71.7 cm³/mol. The van der Waals surface area contributed by atoms with Gasteiger partial charge in [0.05, 0.1) is 12.1 Å². The summed E-state index contributed by atoms with van der Waals surface area (Å²) in [4.78, 5) is 2.52. The van der Waals surface area contributed by atoms with Crippen molar-refractivity contribution in [3.63, 3.8) is 0 Å². The molecular weight excluding hydrogens is 222 g/mol. The Balaban J connectivity index is 1.60. The lowest BCUT2D eigenvalue weighted by atomic mass is 9.54. The van der Waals surface area contributed by atoms with Gasteiger partial charge in [0.25, 0.3) is 0 Å². The van der Waals surface area contributed by atoms with Crippen LogP contribution in [0.15, 0.2) is 0 Å². The van der Waals surface area contributed by atoms with Gasteiger partial charge in [0.1, 0.15) is 0 Å². The average molecular weight is 247 g/mol. The first-order valence-electron chi connectivity index (χ1n) is 7.52. The van der Waals surface area contributed by atoms with Gasteiger partial charge >= 0.3 is 0 Å². The summed E-state index contributed by atoms with van der Waals surface area (Å²) in [7, 11) is 2.25. The molecular formula is C15H25N3. The Bertz CT molecular complexity index is 318. The molecule has 18 heavy (non-hydrogen) atoms. The van der Waals surface area contributed by atoms with Crippen LogP contribution >= 0.6 is 0 Å². The maximum Gasteiger partial charge on any atom is 0.0940 e. The van der Waals surface area contributed by atoms with Gasteiger partial charge in [0, 0.05) is 12.6 Å². The summed E-state index contributed by atoms with van der Waals surface area (Å²) in [5.41, 5.74) is 5.71. The van der Waals surface area contributed by atoms with Gasteiger partial charge in [0.15, 0.2) is 0 Å². The van der Waals surface area contributed by atoms with Crippen LogP contribution < -0.4 is 5.73 Å². The highest BCUT2D eigenvalue weighted by Crippen LogP contribution is 2.54. The Labute approximate surface area is 110 Å². The van der Waals surface area contributed by atoms with Crippen molar-refractivity contribution in [1.82, 2.24) is 4.90 Å². The van der Waals surface area contributed by atoms with E-state index in [1.54, 1.807) is 0 Å². The number of rotatable bonds is 4. The zero-order valence-electron chi connectivity index (χ0n) is 11.4. The highest BCUT2D eigenvalue weighted by Gasteiger charge is 2.49. The quantitative estimate of drug-likeness (QED) is 0.826. The first kappa shape index (κ1) is 12.4. The normalized spacial score (nSPS) is 43.1. The summed E-state index contributed by atoms with van der Waals surface area (Å²) in [6.07, 6.45) is 8.19. The average Bonchev–Trinajstić information content (AvgIpc) is 2.34. The largest absolute Gasteiger partial charge is 0.316 e. The Morgan fingerprint density at radius 3 is 2.22 bits per heavy atom. The highest BCUT2D eigenvalue weighted by molar-refractivity contribution is 5.02. The van der Waals surface area contributed by atoms with Crippen LogP contribution in [0.4, 0.5) is 0 Å². The van der Waals surface area contributed by atoms with Gasteiger partial charge in [-0.25, -0.2) is 0 Å². The Hall–Kier alpha value is -0.590. The van der Waals surface area contributed by atoms with Gasteiger partial charge in [-0.15, -0.1) is 0 Å². The van der Waals surface area contributed by atoms with Gasteiger partial charge in [0.2, 0.25) is 0 Å². The van der Waals surface area contributed by atoms with Crippen molar-refractivity contribution in [3.8, 4) is 6.07 Å². The molecule has 1 unspecified atom stereocenters. The minimum Gasteiger partial charge on any atom is -0.316 e. The number of hydrogen-bond acceptors (Lipinski definition) is 3. The molecule has 100 valence electrons. The Kier molecular flexibility index (Phi) is 3.34. The summed E-state index contributed by atoms with van der Waals surface area (Å²) < 4.78 is 0. The molecule has 4 rings (SSSR count). The van der Waals surface area contributed by atoms with E-state index in [2.05, 4.69) is 18.0 Å². The molecule has 1 atom stereocenters. The van der Waals surface area contributed by atoms with Crippen LogP contribution in [0, 0.1) is 35.0 Å². The molecule has 4 aliphatic rings. The Morgan fingerprint density at radius 2 is 1.72 bits per heavy atom. The monoisotopic (exact) mass is 247 g/mol. The van der Waals surface area contributed by atoms with Crippen LogP contribution in [-0.2, 0) is 0 Å². The Morgan fingerprint density at radius 1 is 1.17 bits per heavy atom. The van der Waals surface area contributed by atoms with Crippen LogP contribution in [0.2, 0.25) is 0 Å². The molecule has 4 saturated carbocycles. The van der Waals surface area contributed by atoms with E-state index in [4.69, 9.17) is 11.0 Å². The molecule has 2 N–H and O–H groups in total. The van der Waals surface area contributed by atoms with Gasteiger partial charge in [-0.2, -0.15) is 5.26 Å². The van der Waals surface area contributed by atoms with E-state index in [-0.39, 0.29) is 6.04 Å². The van der Waals surface area contributed by atoms with E-state index in [9.17, 15) is 0 Å². The molecule has 0 heterocycles. The highest BCUT2D eigenvalue weighted by atomic mass is 15.1. The van der Waals surface area contributed by atoms with Gasteiger partial charge in [-0.1, -0.05) is 0 Å². The maximum atomic E-state index is 8.77. The predicted octanol–water partition coefficient (Wildman–Crippen LogP) is 1.98. The van der Waals surface area contributed by atoms with E-state index in [1.165, 1.54) is 32.1 Å². The van der Waals surface area contributed by atoms with Crippen molar-refractivity contribution in [1.29, 1.82) is 5.26 Å². The SMILES string of the molecule is CN(CCC(N)C#N)C1C2CC3CC(C2)CC1C3. The molecule has 0 radical (unpaired) electrons. The lowest BCUT2D eigenvalue weighted by Crippen LogP contribution is -2.55. The molecule has 0 aromatic carbocycles. The first-order valence-corrected chi connectivity index (χ1v) is 7.52. The van der Waals surface area contributed by atoms with Crippen LogP contribution in [0.1, 0.15) is 38.5 Å². The number of nitriles is 1. The third-order valence-corrected chi connectivity index (χ3v) is 5.64. The second-order valence-electron chi connectivity index (χ2n) is 6.93. The maximum absolute atomic E-state index is 8.77. The summed E-state index contributed by atoms with van der Waals surface area (Å²) in [6.45, 7) is 0.988. The van der Waals surface area contributed by atoms with Crippen LogP contribution in [0.5, 0.6) is 0 Å². The summed E-state index contributed by atoms with van der Waals surface area (Å²) in [6, 6.07) is 2.63.